The first-order valence-corrected chi connectivity index (χ1v) is 9.24. The van der Waals surface area contributed by atoms with Gasteiger partial charge in [0.1, 0.15) is 5.75 Å². The molecular formula is C18H22N2O4S. The summed E-state index contributed by atoms with van der Waals surface area (Å²) in [5, 5.41) is 2.74. The first kappa shape index (κ1) is 19.0. The summed E-state index contributed by atoms with van der Waals surface area (Å²) in [6.07, 6.45) is 0. The van der Waals surface area contributed by atoms with Crippen LogP contribution in [0, 0.1) is 0 Å². The van der Waals surface area contributed by atoms with E-state index < -0.39 is 15.9 Å². The fourth-order valence-electron chi connectivity index (χ4n) is 2.18. The Morgan fingerprint density at radius 1 is 1.12 bits per heavy atom. The molecule has 0 aliphatic heterocycles. The van der Waals surface area contributed by atoms with Crippen molar-refractivity contribution in [3.8, 4) is 5.75 Å². The Morgan fingerprint density at radius 3 is 2.44 bits per heavy atom. The highest BCUT2D eigenvalue weighted by molar-refractivity contribution is 7.89. The molecule has 0 spiro atoms. The monoisotopic (exact) mass is 362 g/mol. The maximum absolute atomic E-state index is 12.6. The first-order valence-electron chi connectivity index (χ1n) is 7.80. The molecule has 25 heavy (non-hydrogen) atoms. The van der Waals surface area contributed by atoms with Crippen molar-refractivity contribution in [2.45, 2.75) is 24.8 Å². The molecule has 1 N–H and O–H groups in total. The molecule has 2 aromatic rings. The zero-order valence-electron chi connectivity index (χ0n) is 14.7. The van der Waals surface area contributed by atoms with Crippen LogP contribution in [0.1, 0.15) is 24.2 Å². The minimum atomic E-state index is -3.65. The number of nitrogens with zero attached hydrogens (tertiary/aromatic N) is 1. The maximum Gasteiger partial charge on any atom is 0.255 e. The number of rotatable bonds is 6. The third-order valence-corrected chi connectivity index (χ3v) is 5.89. The molecule has 6 nitrogen and oxygen atoms in total. The Kier molecular flexibility index (Phi) is 5.81. The molecule has 0 saturated carbocycles. The minimum absolute atomic E-state index is 0.0800. The van der Waals surface area contributed by atoms with E-state index in [4.69, 9.17) is 4.74 Å². The topological polar surface area (TPSA) is 75.7 Å². The van der Waals surface area contributed by atoms with Gasteiger partial charge in [-0.1, -0.05) is 18.2 Å². The lowest BCUT2D eigenvalue weighted by Gasteiger charge is -2.21. The predicted octanol–water partition coefficient (Wildman–Crippen LogP) is 2.98. The Bertz CT molecular complexity index is 863. The summed E-state index contributed by atoms with van der Waals surface area (Å²) in [7, 11) is -0.622. The molecule has 0 unspecified atom stereocenters. The fourth-order valence-corrected chi connectivity index (χ4v) is 3.60. The Morgan fingerprint density at radius 2 is 1.80 bits per heavy atom. The molecule has 2 aromatic carbocycles. The number of para-hydroxylation sites is 2. The van der Waals surface area contributed by atoms with Crippen LogP contribution in [0.25, 0.3) is 0 Å². The predicted molar refractivity (Wildman–Crippen MR) is 97.5 cm³/mol. The number of amides is 1. The lowest BCUT2D eigenvalue weighted by Crippen LogP contribution is -2.33. The molecule has 0 radical (unpaired) electrons. The molecule has 1 amide bonds. The average Bonchev–Trinajstić information content (AvgIpc) is 2.61. The highest BCUT2D eigenvalue weighted by Gasteiger charge is 2.24. The second-order valence-electron chi connectivity index (χ2n) is 5.80. The molecular weight excluding hydrogens is 340 g/mol. The van der Waals surface area contributed by atoms with E-state index in [1.54, 1.807) is 50.2 Å². The van der Waals surface area contributed by atoms with Crippen molar-refractivity contribution in [2.75, 3.05) is 19.5 Å². The number of carbonyl (C=O) groups is 1. The summed E-state index contributed by atoms with van der Waals surface area (Å²) in [6, 6.07) is 12.8. The average molecular weight is 362 g/mol. The Labute approximate surface area is 148 Å². The molecule has 0 saturated heterocycles. The van der Waals surface area contributed by atoms with Crippen molar-refractivity contribution in [3.63, 3.8) is 0 Å². The minimum Gasteiger partial charge on any atom is -0.495 e. The third-order valence-electron chi connectivity index (χ3n) is 3.86. The number of hydrogen-bond acceptors (Lipinski definition) is 4. The summed E-state index contributed by atoms with van der Waals surface area (Å²) < 4.78 is 31.6. The van der Waals surface area contributed by atoms with Gasteiger partial charge in [-0.25, -0.2) is 8.42 Å². The van der Waals surface area contributed by atoms with Crippen LogP contribution in [0.3, 0.4) is 0 Å². The highest BCUT2D eigenvalue weighted by atomic mass is 32.2. The number of benzene rings is 2. The zero-order valence-corrected chi connectivity index (χ0v) is 15.5. The van der Waals surface area contributed by atoms with Crippen LogP contribution in [0.2, 0.25) is 0 Å². The molecule has 134 valence electrons. The number of anilines is 1. The Hall–Kier alpha value is -2.38. The molecule has 0 fully saturated rings. The van der Waals surface area contributed by atoms with Crippen LogP contribution in [0.4, 0.5) is 5.69 Å². The van der Waals surface area contributed by atoms with Crippen molar-refractivity contribution in [3.05, 3.63) is 54.1 Å². The summed E-state index contributed by atoms with van der Waals surface area (Å²) in [5.74, 6) is 0.118. The number of ether oxygens (including phenoxy) is 1. The lowest BCUT2D eigenvalue weighted by atomic mass is 10.2. The van der Waals surface area contributed by atoms with E-state index in [-0.39, 0.29) is 16.5 Å². The zero-order chi connectivity index (χ0) is 18.6. The second kappa shape index (κ2) is 7.67. The number of hydrogen-bond donors (Lipinski definition) is 1. The van der Waals surface area contributed by atoms with Gasteiger partial charge < -0.3 is 10.1 Å². The maximum atomic E-state index is 12.6. The number of methoxy groups -OCH3 is 1. The van der Waals surface area contributed by atoms with Crippen LogP contribution >= 0.6 is 0 Å². The van der Waals surface area contributed by atoms with E-state index in [1.807, 2.05) is 0 Å². The quantitative estimate of drug-likeness (QED) is 0.857. The summed E-state index contributed by atoms with van der Waals surface area (Å²) in [5.41, 5.74) is 0.770. The van der Waals surface area contributed by atoms with E-state index in [0.29, 0.717) is 11.4 Å². The molecule has 2 rings (SSSR count). The van der Waals surface area contributed by atoms with Gasteiger partial charge in [-0.2, -0.15) is 4.31 Å². The summed E-state index contributed by atoms with van der Waals surface area (Å²) in [4.78, 5) is 12.6. The third kappa shape index (κ3) is 4.18. The van der Waals surface area contributed by atoms with Gasteiger partial charge in [-0.3, -0.25) is 4.79 Å². The van der Waals surface area contributed by atoms with Gasteiger partial charge in [0.15, 0.2) is 0 Å². The lowest BCUT2D eigenvalue weighted by molar-refractivity contribution is 0.102. The van der Waals surface area contributed by atoms with Gasteiger partial charge in [-0.15, -0.1) is 0 Å². The van der Waals surface area contributed by atoms with Gasteiger partial charge in [0.25, 0.3) is 5.91 Å². The van der Waals surface area contributed by atoms with Crippen LogP contribution in [0.15, 0.2) is 53.4 Å². The molecule has 0 aliphatic rings. The summed E-state index contributed by atoms with van der Waals surface area (Å²) in [6.45, 7) is 3.57. The van der Waals surface area contributed by atoms with E-state index in [9.17, 15) is 13.2 Å². The normalized spacial score (nSPS) is 11.6. The molecule has 0 bridgehead atoms. The molecule has 0 heterocycles. The SMILES string of the molecule is COc1ccccc1NC(=O)c1cccc(S(=O)(=O)N(C)C(C)C)c1. The van der Waals surface area contributed by atoms with Crippen LogP contribution in [0.5, 0.6) is 5.75 Å². The standard InChI is InChI=1S/C18H22N2O4S/c1-13(2)20(3)25(22,23)15-9-7-8-14(12-15)18(21)19-16-10-5-6-11-17(16)24-4/h5-13H,1-4H3,(H,19,21). The van der Waals surface area contributed by atoms with Crippen molar-refractivity contribution in [2.24, 2.45) is 0 Å². The van der Waals surface area contributed by atoms with Gasteiger partial charge >= 0.3 is 0 Å². The van der Waals surface area contributed by atoms with Crippen molar-refractivity contribution in [1.82, 2.24) is 4.31 Å². The number of sulfonamides is 1. The largest absolute Gasteiger partial charge is 0.495 e. The van der Waals surface area contributed by atoms with Crippen molar-refractivity contribution < 1.29 is 17.9 Å². The molecule has 0 aromatic heterocycles. The molecule has 7 heteroatoms. The van der Waals surface area contributed by atoms with E-state index in [2.05, 4.69) is 5.32 Å². The van der Waals surface area contributed by atoms with Gasteiger partial charge in [0.05, 0.1) is 17.7 Å². The highest BCUT2D eigenvalue weighted by Crippen LogP contribution is 2.24. The number of nitrogens with one attached hydrogen (secondary N) is 1. The number of carbonyl (C=O) groups excluding carboxylic acids is 1. The Balaban J connectivity index is 2.31. The van der Waals surface area contributed by atoms with Crippen LogP contribution < -0.4 is 10.1 Å². The van der Waals surface area contributed by atoms with E-state index >= 15 is 0 Å². The van der Waals surface area contributed by atoms with E-state index in [0.717, 1.165) is 0 Å². The smallest absolute Gasteiger partial charge is 0.255 e. The fraction of sp³-hybridized carbons (Fsp3) is 0.278. The van der Waals surface area contributed by atoms with Crippen molar-refractivity contribution >= 4 is 21.6 Å². The first-order chi connectivity index (χ1) is 11.8. The van der Waals surface area contributed by atoms with Crippen LogP contribution in [-0.4, -0.2) is 38.8 Å². The van der Waals surface area contributed by atoms with Gasteiger partial charge in [0.2, 0.25) is 10.0 Å². The summed E-state index contributed by atoms with van der Waals surface area (Å²) >= 11 is 0. The van der Waals surface area contributed by atoms with Crippen LogP contribution in [-0.2, 0) is 10.0 Å². The molecule has 0 aliphatic carbocycles. The van der Waals surface area contributed by atoms with Gasteiger partial charge in [-0.05, 0) is 44.2 Å². The second-order valence-corrected chi connectivity index (χ2v) is 7.79. The molecule has 0 atom stereocenters. The van der Waals surface area contributed by atoms with Crippen molar-refractivity contribution in [1.29, 1.82) is 0 Å². The van der Waals surface area contributed by atoms with E-state index in [1.165, 1.54) is 30.6 Å². The van der Waals surface area contributed by atoms with Gasteiger partial charge in [0, 0.05) is 18.7 Å².